The van der Waals surface area contributed by atoms with Crippen molar-refractivity contribution < 1.29 is 10.2 Å². The van der Waals surface area contributed by atoms with Gasteiger partial charge < -0.3 is 10.2 Å². The van der Waals surface area contributed by atoms with Crippen LogP contribution in [0, 0.1) is 5.92 Å². The molecule has 0 spiro atoms. The van der Waals surface area contributed by atoms with E-state index in [-0.39, 0.29) is 12.7 Å². The highest BCUT2D eigenvalue weighted by Gasteiger charge is 2.24. The Kier molecular flexibility index (Phi) is 2.65. The van der Waals surface area contributed by atoms with Gasteiger partial charge in [0, 0.05) is 26.2 Å². The van der Waals surface area contributed by atoms with E-state index in [0.717, 1.165) is 19.6 Å². The minimum Gasteiger partial charge on any atom is -0.396 e. The molecule has 1 rings (SSSR count). The van der Waals surface area contributed by atoms with Crippen molar-refractivity contribution >= 4 is 0 Å². The third-order valence-electron chi connectivity index (χ3n) is 1.82. The molecule has 0 amide bonds. The zero-order valence-corrected chi connectivity index (χ0v) is 6.32. The van der Waals surface area contributed by atoms with E-state index in [4.69, 9.17) is 10.2 Å². The van der Waals surface area contributed by atoms with E-state index < -0.39 is 0 Å². The molecule has 1 aliphatic rings. The standard InChI is InChI=1S/C7H15NO2/c1-6(5-9)2-8-3-7(10)4-8/h6-7,9-10H,2-5H2,1H3. The molecule has 0 radical (unpaired) electrons. The molecule has 1 fully saturated rings. The second-order valence-electron chi connectivity index (χ2n) is 3.16. The van der Waals surface area contributed by atoms with Crippen LogP contribution in [0.15, 0.2) is 0 Å². The maximum absolute atomic E-state index is 8.90. The number of likely N-dealkylation sites (tertiary alicyclic amines) is 1. The van der Waals surface area contributed by atoms with Crippen LogP contribution < -0.4 is 0 Å². The van der Waals surface area contributed by atoms with Gasteiger partial charge in [0.1, 0.15) is 0 Å². The number of aliphatic hydroxyl groups is 2. The molecule has 3 nitrogen and oxygen atoms in total. The molecule has 1 aliphatic heterocycles. The summed E-state index contributed by atoms with van der Waals surface area (Å²) in [5.74, 6) is 0.340. The molecule has 2 N–H and O–H groups in total. The third-order valence-corrected chi connectivity index (χ3v) is 1.82. The lowest BCUT2D eigenvalue weighted by atomic mass is 10.1. The van der Waals surface area contributed by atoms with Crippen LogP contribution in [-0.2, 0) is 0 Å². The summed E-state index contributed by atoms with van der Waals surface area (Å²) >= 11 is 0. The topological polar surface area (TPSA) is 43.7 Å². The minimum atomic E-state index is -0.120. The number of rotatable bonds is 3. The number of aliphatic hydroxyl groups excluding tert-OH is 2. The lowest BCUT2D eigenvalue weighted by molar-refractivity contribution is -0.00954. The normalized spacial score (nSPS) is 24.3. The summed E-state index contributed by atoms with van der Waals surface area (Å²) in [5, 5.41) is 17.6. The van der Waals surface area contributed by atoms with Gasteiger partial charge in [0.2, 0.25) is 0 Å². The van der Waals surface area contributed by atoms with Crippen LogP contribution in [-0.4, -0.2) is 47.5 Å². The lowest BCUT2D eigenvalue weighted by Gasteiger charge is -2.37. The van der Waals surface area contributed by atoms with Crippen LogP contribution in [0.4, 0.5) is 0 Å². The van der Waals surface area contributed by atoms with Crippen LogP contribution in [0.25, 0.3) is 0 Å². The summed E-state index contributed by atoms with van der Waals surface area (Å²) in [4.78, 5) is 2.14. The molecule has 1 heterocycles. The van der Waals surface area contributed by atoms with Crippen molar-refractivity contribution in [2.45, 2.75) is 13.0 Å². The third kappa shape index (κ3) is 1.94. The fourth-order valence-electron chi connectivity index (χ4n) is 1.19. The number of nitrogens with zero attached hydrogens (tertiary/aromatic N) is 1. The molecule has 0 aliphatic carbocycles. The molecule has 0 aromatic heterocycles. The Bertz CT molecular complexity index is 102. The molecular formula is C7H15NO2. The second-order valence-corrected chi connectivity index (χ2v) is 3.16. The van der Waals surface area contributed by atoms with Gasteiger partial charge in [-0.2, -0.15) is 0 Å². The first-order chi connectivity index (χ1) is 4.72. The zero-order chi connectivity index (χ0) is 7.56. The van der Waals surface area contributed by atoms with Crippen molar-refractivity contribution in [2.24, 2.45) is 5.92 Å². The van der Waals surface area contributed by atoms with Gasteiger partial charge in [-0.1, -0.05) is 6.92 Å². The van der Waals surface area contributed by atoms with Crippen molar-refractivity contribution in [1.82, 2.24) is 4.90 Å². The zero-order valence-electron chi connectivity index (χ0n) is 6.32. The lowest BCUT2D eigenvalue weighted by Crippen LogP contribution is -2.52. The van der Waals surface area contributed by atoms with E-state index in [1.807, 2.05) is 6.92 Å². The van der Waals surface area contributed by atoms with Crippen molar-refractivity contribution in [3.05, 3.63) is 0 Å². The first kappa shape index (κ1) is 7.98. The number of hydrogen-bond acceptors (Lipinski definition) is 3. The van der Waals surface area contributed by atoms with Crippen molar-refractivity contribution in [3.8, 4) is 0 Å². The van der Waals surface area contributed by atoms with Gasteiger partial charge in [0.25, 0.3) is 0 Å². The fourth-order valence-corrected chi connectivity index (χ4v) is 1.19. The van der Waals surface area contributed by atoms with Crippen LogP contribution in [0.1, 0.15) is 6.92 Å². The molecule has 3 heteroatoms. The highest BCUT2D eigenvalue weighted by molar-refractivity contribution is 4.79. The molecule has 0 aromatic carbocycles. The van der Waals surface area contributed by atoms with Crippen molar-refractivity contribution in [1.29, 1.82) is 0 Å². The SMILES string of the molecule is CC(CO)CN1CC(O)C1. The smallest absolute Gasteiger partial charge is 0.0793 e. The Hall–Kier alpha value is -0.120. The fraction of sp³-hybridized carbons (Fsp3) is 1.00. The van der Waals surface area contributed by atoms with E-state index in [1.54, 1.807) is 0 Å². The Morgan fingerprint density at radius 2 is 2.20 bits per heavy atom. The average molecular weight is 145 g/mol. The maximum Gasteiger partial charge on any atom is 0.0793 e. The molecule has 0 aromatic rings. The van der Waals surface area contributed by atoms with Crippen molar-refractivity contribution in [2.75, 3.05) is 26.2 Å². The van der Waals surface area contributed by atoms with Crippen LogP contribution in [0.2, 0.25) is 0 Å². The van der Waals surface area contributed by atoms with Gasteiger partial charge in [0.15, 0.2) is 0 Å². The van der Waals surface area contributed by atoms with Crippen molar-refractivity contribution in [3.63, 3.8) is 0 Å². The summed E-state index contributed by atoms with van der Waals surface area (Å²) in [7, 11) is 0. The average Bonchev–Trinajstić information content (AvgIpc) is 1.84. The minimum absolute atomic E-state index is 0.120. The first-order valence-corrected chi connectivity index (χ1v) is 3.73. The second kappa shape index (κ2) is 3.32. The summed E-state index contributed by atoms with van der Waals surface area (Å²) in [5.41, 5.74) is 0. The van der Waals surface area contributed by atoms with Gasteiger partial charge in [-0.15, -0.1) is 0 Å². The number of hydrogen-bond donors (Lipinski definition) is 2. The highest BCUT2D eigenvalue weighted by Crippen LogP contribution is 2.09. The van der Waals surface area contributed by atoms with Gasteiger partial charge in [-0.3, -0.25) is 4.90 Å². The summed E-state index contributed by atoms with van der Waals surface area (Å²) in [6.45, 7) is 4.72. The Morgan fingerprint density at radius 1 is 1.60 bits per heavy atom. The first-order valence-electron chi connectivity index (χ1n) is 3.73. The van der Waals surface area contributed by atoms with E-state index in [2.05, 4.69) is 4.90 Å². The van der Waals surface area contributed by atoms with E-state index in [1.165, 1.54) is 0 Å². The monoisotopic (exact) mass is 145 g/mol. The number of β-amino-alcohol motifs (C(OH)–C–C–N with tert-alkyl or cyclic N) is 1. The predicted octanol–water partition coefficient (Wildman–Crippen LogP) is -0.709. The van der Waals surface area contributed by atoms with Gasteiger partial charge in [0.05, 0.1) is 6.10 Å². The van der Waals surface area contributed by atoms with E-state index in [0.29, 0.717) is 5.92 Å². The summed E-state index contributed by atoms with van der Waals surface area (Å²) in [6, 6.07) is 0. The van der Waals surface area contributed by atoms with Crippen LogP contribution >= 0.6 is 0 Å². The quantitative estimate of drug-likeness (QED) is 0.551. The van der Waals surface area contributed by atoms with Crippen LogP contribution in [0.5, 0.6) is 0 Å². The molecule has 60 valence electrons. The Balaban J connectivity index is 2.04. The Labute approximate surface area is 61.3 Å². The molecule has 1 atom stereocenters. The van der Waals surface area contributed by atoms with Gasteiger partial charge >= 0.3 is 0 Å². The molecule has 0 saturated carbocycles. The largest absolute Gasteiger partial charge is 0.396 e. The molecular weight excluding hydrogens is 130 g/mol. The predicted molar refractivity (Wildman–Crippen MR) is 38.7 cm³/mol. The van der Waals surface area contributed by atoms with E-state index >= 15 is 0 Å². The Morgan fingerprint density at radius 3 is 2.60 bits per heavy atom. The molecule has 1 saturated heterocycles. The van der Waals surface area contributed by atoms with Gasteiger partial charge in [-0.25, -0.2) is 0 Å². The maximum atomic E-state index is 8.90. The summed E-state index contributed by atoms with van der Waals surface area (Å²) in [6.07, 6.45) is -0.120. The van der Waals surface area contributed by atoms with E-state index in [9.17, 15) is 0 Å². The molecule has 0 bridgehead atoms. The highest BCUT2D eigenvalue weighted by atomic mass is 16.3. The van der Waals surface area contributed by atoms with Gasteiger partial charge in [-0.05, 0) is 5.92 Å². The molecule has 10 heavy (non-hydrogen) atoms. The molecule has 1 unspecified atom stereocenters. The summed E-state index contributed by atoms with van der Waals surface area (Å²) < 4.78 is 0. The van der Waals surface area contributed by atoms with Crippen LogP contribution in [0.3, 0.4) is 0 Å².